The quantitative estimate of drug-likeness (QED) is 0.560. The molecule has 3 aromatic rings. The summed E-state index contributed by atoms with van der Waals surface area (Å²) in [5.41, 5.74) is -0.0959. The van der Waals surface area contributed by atoms with Gasteiger partial charge in [0.25, 0.3) is 5.91 Å². The first-order valence-corrected chi connectivity index (χ1v) is 9.28. The van der Waals surface area contributed by atoms with Crippen molar-refractivity contribution in [2.75, 3.05) is 19.0 Å². The number of hydrogen-bond donors (Lipinski definition) is 2. The van der Waals surface area contributed by atoms with Gasteiger partial charge in [0.15, 0.2) is 0 Å². The zero-order valence-corrected chi connectivity index (χ0v) is 16.7. The number of alkyl halides is 3. The maximum atomic E-state index is 12.9. The molecule has 1 aromatic carbocycles. The number of benzene rings is 1. The van der Waals surface area contributed by atoms with Crippen LogP contribution in [0.4, 0.5) is 19.1 Å². The van der Waals surface area contributed by atoms with Crippen LogP contribution in [-0.4, -0.2) is 50.6 Å². The zero-order chi connectivity index (χ0) is 22.4. The minimum atomic E-state index is -4.61. The standard InChI is InChI=1S/C19H20F3N7O2/c1-12(7-8-23-18-24-11-14(19(20,21)22)17(28-18)31-2)27-16(30)13-5-3-4-6-15(13)29-25-9-10-26-29/h3-6,9-12H,7-8H2,1-2H3,(H,27,30)(H,23,24,28)/t12-/m1/s1. The topological polar surface area (TPSA) is 107 Å². The molecule has 0 unspecified atom stereocenters. The van der Waals surface area contributed by atoms with E-state index in [9.17, 15) is 18.0 Å². The number of ether oxygens (including phenoxy) is 1. The molecule has 31 heavy (non-hydrogen) atoms. The predicted octanol–water partition coefficient (Wildman–Crippen LogP) is 2.71. The Hall–Kier alpha value is -3.70. The molecule has 0 bridgehead atoms. The molecule has 164 valence electrons. The van der Waals surface area contributed by atoms with E-state index < -0.39 is 17.6 Å². The zero-order valence-electron chi connectivity index (χ0n) is 16.7. The minimum absolute atomic E-state index is 0.00141. The summed E-state index contributed by atoms with van der Waals surface area (Å²) in [4.78, 5) is 21.4. The molecule has 1 amide bonds. The van der Waals surface area contributed by atoms with E-state index >= 15 is 0 Å². The largest absolute Gasteiger partial charge is 0.480 e. The SMILES string of the molecule is COc1nc(NCC[C@@H](C)NC(=O)c2ccccc2-n2nccn2)ncc1C(F)(F)F. The molecule has 0 saturated carbocycles. The van der Waals surface area contributed by atoms with Gasteiger partial charge in [-0.1, -0.05) is 12.1 Å². The number of nitrogens with one attached hydrogen (secondary N) is 2. The lowest BCUT2D eigenvalue weighted by atomic mass is 10.1. The summed E-state index contributed by atoms with van der Waals surface area (Å²) >= 11 is 0. The molecule has 0 spiro atoms. The number of carbonyl (C=O) groups is 1. The van der Waals surface area contributed by atoms with Crippen LogP contribution in [0.1, 0.15) is 29.3 Å². The average molecular weight is 435 g/mol. The fourth-order valence-corrected chi connectivity index (χ4v) is 2.76. The Morgan fingerprint density at radius 3 is 2.61 bits per heavy atom. The monoisotopic (exact) mass is 435 g/mol. The summed E-state index contributed by atoms with van der Waals surface area (Å²) in [7, 11) is 1.11. The molecule has 0 saturated heterocycles. The molecule has 2 N–H and O–H groups in total. The van der Waals surface area contributed by atoms with E-state index in [0.717, 1.165) is 7.11 Å². The minimum Gasteiger partial charge on any atom is -0.480 e. The van der Waals surface area contributed by atoms with Crippen LogP contribution in [0, 0.1) is 0 Å². The summed E-state index contributed by atoms with van der Waals surface area (Å²) in [6.07, 6.45) is -0.437. The van der Waals surface area contributed by atoms with Crippen LogP contribution in [0.25, 0.3) is 5.69 Å². The van der Waals surface area contributed by atoms with Gasteiger partial charge in [0, 0.05) is 18.8 Å². The molecule has 3 rings (SSSR count). The number of nitrogens with zero attached hydrogens (tertiary/aromatic N) is 5. The van der Waals surface area contributed by atoms with Gasteiger partial charge in [-0.3, -0.25) is 4.79 Å². The summed E-state index contributed by atoms with van der Waals surface area (Å²) in [5, 5.41) is 13.8. The molecule has 2 aromatic heterocycles. The number of rotatable bonds is 8. The van der Waals surface area contributed by atoms with Crippen LogP contribution in [0.15, 0.2) is 42.9 Å². The van der Waals surface area contributed by atoms with E-state index in [1.165, 1.54) is 17.2 Å². The number of anilines is 1. The van der Waals surface area contributed by atoms with Gasteiger partial charge in [0.1, 0.15) is 5.56 Å². The van der Waals surface area contributed by atoms with Crippen LogP contribution in [0.3, 0.4) is 0 Å². The van der Waals surface area contributed by atoms with Gasteiger partial charge in [0.05, 0.1) is 30.8 Å². The number of carbonyl (C=O) groups excluding carboxylic acids is 1. The number of hydrogen-bond acceptors (Lipinski definition) is 7. The smallest absolute Gasteiger partial charge is 0.423 e. The first-order valence-electron chi connectivity index (χ1n) is 9.28. The van der Waals surface area contributed by atoms with E-state index in [1.54, 1.807) is 24.3 Å². The van der Waals surface area contributed by atoms with Crippen LogP contribution in [0.2, 0.25) is 0 Å². The lowest BCUT2D eigenvalue weighted by Gasteiger charge is -2.16. The third-order valence-corrected chi connectivity index (χ3v) is 4.27. The Labute approximate surface area is 175 Å². The Balaban J connectivity index is 1.57. The molecule has 2 heterocycles. The summed E-state index contributed by atoms with van der Waals surface area (Å²) < 4.78 is 43.3. The van der Waals surface area contributed by atoms with Crippen molar-refractivity contribution in [3.63, 3.8) is 0 Å². The third-order valence-electron chi connectivity index (χ3n) is 4.27. The molecule has 0 aliphatic carbocycles. The maximum Gasteiger partial charge on any atom is 0.423 e. The third kappa shape index (κ3) is 5.47. The van der Waals surface area contributed by atoms with Crippen LogP contribution >= 0.6 is 0 Å². The first kappa shape index (κ1) is 22.0. The Morgan fingerprint density at radius 1 is 1.23 bits per heavy atom. The fourth-order valence-electron chi connectivity index (χ4n) is 2.76. The lowest BCUT2D eigenvalue weighted by molar-refractivity contribution is -0.139. The summed E-state index contributed by atoms with van der Waals surface area (Å²) in [6, 6.07) is 6.68. The molecule has 1 atom stereocenters. The second-order valence-corrected chi connectivity index (χ2v) is 6.54. The molecule has 0 aliphatic rings. The van der Waals surface area contributed by atoms with Crippen molar-refractivity contribution in [2.45, 2.75) is 25.6 Å². The van der Waals surface area contributed by atoms with Crippen molar-refractivity contribution in [2.24, 2.45) is 0 Å². The first-order chi connectivity index (χ1) is 14.8. The van der Waals surface area contributed by atoms with Gasteiger partial charge in [-0.2, -0.15) is 33.1 Å². The molecule has 12 heteroatoms. The molecule has 0 radical (unpaired) electrons. The Kier molecular flexibility index (Phi) is 6.68. The molecular formula is C19H20F3N7O2. The van der Waals surface area contributed by atoms with E-state index in [4.69, 9.17) is 4.74 Å². The number of aromatic nitrogens is 5. The molecule has 0 fully saturated rings. The van der Waals surface area contributed by atoms with Crippen molar-refractivity contribution in [3.8, 4) is 11.6 Å². The van der Waals surface area contributed by atoms with Gasteiger partial charge in [-0.05, 0) is 25.5 Å². The van der Waals surface area contributed by atoms with Gasteiger partial charge >= 0.3 is 6.18 Å². The van der Waals surface area contributed by atoms with Crippen LogP contribution in [0.5, 0.6) is 5.88 Å². The van der Waals surface area contributed by atoms with Crippen molar-refractivity contribution in [1.29, 1.82) is 0 Å². The average Bonchev–Trinajstić information content (AvgIpc) is 3.27. The molecular weight excluding hydrogens is 415 g/mol. The lowest BCUT2D eigenvalue weighted by Crippen LogP contribution is -2.34. The highest BCUT2D eigenvalue weighted by Crippen LogP contribution is 2.34. The van der Waals surface area contributed by atoms with Crippen molar-refractivity contribution in [3.05, 3.63) is 54.0 Å². The Bertz CT molecular complexity index is 1030. The van der Waals surface area contributed by atoms with E-state index in [-0.39, 0.29) is 17.9 Å². The Morgan fingerprint density at radius 2 is 1.94 bits per heavy atom. The summed E-state index contributed by atoms with van der Waals surface area (Å²) in [5.74, 6) is -0.860. The normalized spacial score (nSPS) is 12.3. The summed E-state index contributed by atoms with van der Waals surface area (Å²) in [6.45, 7) is 2.13. The van der Waals surface area contributed by atoms with Crippen molar-refractivity contribution < 1.29 is 22.7 Å². The van der Waals surface area contributed by atoms with Gasteiger partial charge in [-0.15, -0.1) is 0 Å². The number of methoxy groups -OCH3 is 1. The van der Waals surface area contributed by atoms with E-state index in [2.05, 4.69) is 30.8 Å². The highest BCUT2D eigenvalue weighted by Gasteiger charge is 2.36. The number of halogens is 3. The fraction of sp³-hybridized carbons (Fsp3) is 0.316. The van der Waals surface area contributed by atoms with Gasteiger partial charge in [0.2, 0.25) is 11.8 Å². The number of amides is 1. The maximum absolute atomic E-state index is 12.9. The second-order valence-electron chi connectivity index (χ2n) is 6.54. The van der Waals surface area contributed by atoms with Crippen molar-refractivity contribution in [1.82, 2.24) is 30.3 Å². The van der Waals surface area contributed by atoms with Gasteiger partial charge < -0.3 is 15.4 Å². The van der Waals surface area contributed by atoms with Crippen LogP contribution < -0.4 is 15.4 Å². The van der Waals surface area contributed by atoms with Crippen molar-refractivity contribution >= 4 is 11.9 Å². The number of para-hydroxylation sites is 1. The van der Waals surface area contributed by atoms with E-state index in [1.807, 2.05) is 6.92 Å². The second kappa shape index (κ2) is 9.41. The van der Waals surface area contributed by atoms with E-state index in [0.29, 0.717) is 30.4 Å². The molecule has 9 nitrogen and oxygen atoms in total. The molecule has 0 aliphatic heterocycles. The van der Waals surface area contributed by atoms with Gasteiger partial charge in [-0.25, -0.2) is 4.98 Å². The van der Waals surface area contributed by atoms with Crippen LogP contribution in [-0.2, 0) is 6.18 Å². The highest BCUT2D eigenvalue weighted by molar-refractivity contribution is 5.97. The predicted molar refractivity (Wildman–Crippen MR) is 105 cm³/mol. The highest BCUT2D eigenvalue weighted by atomic mass is 19.4.